The molecule has 0 aromatic heterocycles. The van der Waals surface area contributed by atoms with Gasteiger partial charge in [0.05, 0.1) is 6.54 Å². The molecular weight excluding hydrogens is 258 g/mol. The molecule has 0 radical (unpaired) electrons. The molecule has 1 rings (SSSR count). The minimum atomic E-state index is -0.115. The summed E-state index contributed by atoms with van der Waals surface area (Å²) in [4.78, 5) is 22.6. The van der Waals surface area contributed by atoms with E-state index in [4.69, 9.17) is 0 Å². The number of nitrogens with one attached hydrogen (secondary N) is 1. The third kappa shape index (κ3) is 4.25. The molecule has 0 aliphatic heterocycles. The lowest BCUT2D eigenvalue weighted by molar-refractivity contribution is -0.120. The van der Waals surface area contributed by atoms with E-state index in [0.717, 1.165) is 0 Å². The van der Waals surface area contributed by atoms with Crippen LogP contribution < -0.4 is 5.32 Å². The maximum absolute atomic E-state index is 11.5. The van der Waals surface area contributed by atoms with Gasteiger partial charge in [-0.25, -0.2) is 0 Å². The fourth-order valence-electron chi connectivity index (χ4n) is 1.08. The third-order valence-electron chi connectivity index (χ3n) is 1.86. The second-order valence-corrected chi connectivity index (χ2v) is 3.80. The molecule has 0 aliphatic rings. The standard InChI is InChI=1S/C11H12BrNO2/c12-7-6-11(15)13-8-10(14)9-4-2-1-3-5-9/h1-5H,6-8H2,(H,13,15). The van der Waals surface area contributed by atoms with Crippen LogP contribution in [0.3, 0.4) is 0 Å². The van der Waals surface area contributed by atoms with Gasteiger partial charge in [-0.2, -0.15) is 0 Å². The summed E-state index contributed by atoms with van der Waals surface area (Å²) in [6, 6.07) is 8.92. The molecule has 4 heteroatoms. The van der Waals surface area contributed by atoms with Crippen molar-refractivity contribution in [3.8, 4) is 0 Å². The van der Waals surface area contributed by atoms with E-state index in [9.17, 15) is 9.59 Å². The lowest BCUT2D eigenvalue weighted by atomic mass is 10.1. The average Bonchev–Trinajstić information content (AvgIpc) is 2.27. The number of hydrogen-bond acceptors (Lipinski definition) is 2. The van der Waals surface area contributed by atoms with Crippen LogP contribution in [0.1, 0.15) is 16.8 Å². The largest absolute Gasteiger partial charge is 0.349 e. The van der Waals surface area contributed by atoms with Crippen LogP contribution in [0.2, 0.25) is 0 Å². The van der Waals surface area contributed by atoms with Crippen LogP contribution in [0, 0.1) is 0 Å². The molecular formula is C11H12BrNO2. The quantitative estimate of drug-likeness (QED) is 0.654. The number of carbonyl (C=O) groups excluding carboxylic acids is 2. The highest BCUT2D eigenvalue weighted by atomic mass is 79.9. The summed E-state index contributed by atoms with van der Waals surface area (Å²) in [5.74, 6) is -0.185. The summed E-state index contributed by atoms with van der Waals surface area (Å²) >= 11 is 3.16. The Kier molecular flexibility index (Phi) is 5.04. The highest BCUT2D eigenvalue weighted by Gasteiger charge is 2.06. The number of hydrogen-bond donors (Lipinski definition) is 1. The Hall–Kier alpha value is -1.16. The lowest BCUT2D eigenvalue weighted by Crippen LogP contribution is -2.29. The number of benzene rings is 1. The predicted octanol–water partition coefficient (Wildman–Crippen LogP) is 1.77. The Bertz CT molecular complexity index is 338. The van der Waals surface area contributed by atoms with Crippen LogP contribution in [-0.2, 0) is 4.79 Å². The summed E-state index contributed by atoms with van der Waals surface area (Å²) in [6.07, 6.45) is 0.391. The number of halogens is 1. The predicted molar refractivity (Wildman–Crippen MR) is 62.2 cm³/mol. The van der Waals surface area contributed by atoms with Crippen molar-refractivity contribution in [1.29, 1.82) is 0 Å². The summed E-state index contributed by atoms with van der Waals surface area (Å²) in [5.41, 5.74) is 0.622. The number of amides is 1. The van der Waals surface area contributed by atoms with Crippen LogP contribution in [-0.4, -0.2) is 23.6 Å². The zero-order valence-electron chi connectivity index (χ0n) is 8.20. The molecule has 1 aromatic rings. The SMILES string of the molecule is O=C(CCBr)NCC(=O)c1ccccc1. The van der Waals surface area contributed by atoms with E-state index in [1.54, 1.807) is 24.3 Å². The van der Waals surface area contributed by atoms with Crippen molar-refractivity contribution in [3.63, 3.8) is 0 Å². The molecule has 1 N–H and O–H groups in total. The lowest BCUT2D eigenvalue weighted by Gasteiger charge is -2.02. The molecule has 3 nitrogen and oxygen atoms in total. The topological polar surface area (TPSA) is 46.2 Å². The molecule has 0 saturated heterocycles. The summed E-state index contributed by atoms with van der Waals surface area (Å²) in [7, 11) is 0. The molecule has 0 atom stereocenters. The Morgan fingerprint density at radius 3 is 2.47 bits per heavy atom. The highest BCUT2D eigenvalue weighted by molar-refractivity contribution is 9.09. The number of Topliss-reactive ketones (excluding diaryl/α,β-unsaturated/α-hetero) is 1. The fraction of sp³-hybridized carbons (Fsp3) is 0.273. The van der Waals surface area contributed by atoms with E-state index < -0.39 is 0 Å². The summed E-state index contributed by atoms with van der Waals surface area (Å²) in [5, 5.41) is 3.17. The van der Waals surface area contributed by atoms with E-state index >= 15 is 0 Å². The molecule has 0 saturated carbocycles. The smallest absolute Gasteiger partial charge is 0.221 e. The van der Waals surface area contributed by atoms with Gasteiger partial charge >= 0.3 is 0 Å². The van der Waals surface area contributed by atoms with E-state index in [-0.39, 0.29) is 18.2 Å². The number of rotatable bonds is 5. The van der Waals surface area contributed by atoms with Gasteiger partial charge in [-0.15, -0.1) is 0 Å². The Morgan fingerprint density at radius 2 is 1.87 bits per heavy atom. The maximum atomic E-state index is 11.5. The molecule has 0 unspecified atom stereocenters. The third-order valence-corrected chi connectivity index (χ3v) is 2.26. The Balaban J connectivity index is 2.40. The monoisotopic (exact) mass is 269 g/mol. The normalized spacial score (nSPS) is 9.67. The van der Waals surface area contributed by atoms with E-state index in [0.29, 0.717) is 17.3 Å². The van der Waals surface area contributed by atoms with Gasteiger partial charge in [-0.3, -0.25) is 9.59 Å². The van der Waals surface area contributed by atoms with Crippen LogP contribution in [0.15, 0.2) is 30.3 Å². The molecule has 0 bridgehead atoms. The van der Waals surface area contributed by atoms with Crippen molar-refractivity contribution < 1.29 is 9.59 Å². The minimum absolute atomic E-state index is 0.0653. The molecule has 0 aliphatic carbocycles. The molecule has 0 fully saturated rings. The van der Waals surface area contributed by atoms with Gasteiger partial charge in [0.2, 0.25) is 5.91 Å². The zero-order chi connectivity index (χ0) is 11.1. The van der Waals surface area contributed by atoms with Gasteiger partial charge in [-0.1, -0.05) is 46.3 Å². The second kappa shape index (κ2) is 6.35. The second-order valence-electron chi connectivity index (χ2n) is 3.00. The van der Waals surface area contributed by atoms with Crippen molar-refractivity contribution >= 4 is 27.6 Å². The molecule has 1 amide bonds. The number of ketones is 1. The van der Waals surface area contributed by atoms with Crippen molar-refractivity contribution in [3.05, 3.63) is 35.9 Å². The maximum Gasteiger partial charge on any atom is 0.221 e. The van der Waals surface area contributed by atoms with Gasteiger partial charge in [0, 0.05) is 17.3 Å². The van der Waals surface area contributed by atoms with Crippen molar-refractivity contribution in [1.82, 2.24) is 5.32 Å². The van der Waals surface area contributed by atoms with Crippen LogP contribution in [0.25, 0.3) is 0 Å². The first-order chi connectivity index (χ1) is 7.24. The zero-order valence-corrected chi connectivity index (χ0v) is 9.79. The first-order valence-electron chi connectivity index (χ1n) is 4.65. The average molecular weight is 270 g/mol. The Morgan fingerprint density at radius 1 is 1.20 bits per heavy atom. The Labute approximate surface area is 97.0 Å². The number of alkyl halides is 1. The van der Waals surface area contributed by atoms with E-state index in [1.807, 2.05) is 6.07 Å². The van der Waals surface area contributed by atoms with Gasteiger partial charge in [0.15, 0.2) is 5.78 Å². The summed E-state index contributed by atoms with van der Waals surface area (Å²) in [6.45, 7) is 0.0653. The van der Waals surface area contributed by atoms with Crippen LogP contribution in [0.4, 0.5) is 0 Å². The fourth-order valence-corrected chi connectivity index (χ4v) is 1.44. The first-order valence-corrected chi connectivity index (χ1v) is 5.77. The van der Waals surface area contributed by atoms with E-state index in [2.05, 4.69) is 21.2 Å². The highest BCUT2D eigenvalue weighted by Crippen LogP contribution is 1.98. The number of carbonyl (C=O) groups is 2. The van der Waals surface area contributed by atoms with E-state index in [1.165, 1.54) is 0 Å². The van der Waals surface area contributed by atoms with Crippen molar-refractivity contribution in [2.75, 3.05) is 11.9 Å². The molecule has 15 heavy (non-hydrogen) atoms. The molecule has 0 spiro atoms. The molecule has 0 heterocycles. The van der Waals surface area contributed by atoms with Crippen molar-refractivity contribution in [2.45, 2.75) is 6.42 Å². The minimum Gasteiger partial charge on any atom is -0.349 e. The van der Waals surface area contributed by atoms with Gasteiger partial charge in [0.1, 0.15) is 0 Å². The van der Waals surface area contributed by atoms with Crippen LogP contribution in [0.5, 0.6) is 0 Å². The van der Waals surface area contributed by atoms with Gasteiger partial charge in [-0.05, 0) is 0 Å². The van der Waals surface area contributed by atoms with Crippen LogP contribution >= 0.6 is 15.9 Å². The molecule has 80 valence electrons. The van der Waals surface area contributed by atoms with Gasteiger partial charge in [0.25, 0.3) is 0 Å². The van der Waals surface area contributed by atoms with Gasteiger partial charge < -0.3 is 5.32 Å². The van der Waals surface area contributed by atoms with Crippen molar-refractivity contribution in [2.24, 2.45) is 0 Å². The summed E-state index contributed by atoms with van der Waals surface area (Å²) < 4.78 is 0. The first kappa shape index (κ1) is 11.9. The molecule has 1 aromatic carbocycles.